The Morgan fingerprint density at radius 1 is 1.04 bits per heavy atom. The van der Waals surface area contributed by atoms with Gasteiger partial charge < -0.3 is 10.2 Å². The molecule has 0 aliphatic carbocycles. The third-order valence-corrected chi connectivity index (χ3v) is 4.35. The van der Waals surface area contributed by atoms with Crippen molar-refractivity contribution in [2.45, 2.75) is 20.3 Å². The van der Waals surface area contributed by atoms with Gasteiger partial charge in [0.1, 0.15) is 12.1 Å². The summed E-state index contributed by atoms with van der Waals surface area (Å²) in [7, 11) is 4.14. The second-order valence-corrected chi connectivity index (χ2v) is 6.98. The van der Waals surface area contributed by atoms with Crippen molar-refractivity contribution in [2.24, 2.45) is 5.92 Å². The molecule has 1 aromatic heterocycles. The van der Waals surface area contributed by atoms with E-state index in [-0.39, 0.29) is 0 Å². The molecule has 0 saturated heterocycles. The zero-order valence-corrected chi connectivity index (χ0v) is 15.5. The third-order valence-electron chi connectivity index (χ3n) is 4.35. The van der Waals surface area contributed by atoms with Gasteiger partial charge in [-0.05, 0) is 36.1 Å². The van der Waals surface area contributed by atoms with Gasteiger partial charge in [0.05, 0.1) is 5.52 Å². The van der Waals surface area contributed by atoms with Gasteiger partial charge in [0.25, 0.3) is 0 Å². The van der Waals surface area contributed by atoms with Crippen LogP contribution in [0, 0.1) is 5.92 Å². The van der Waals surface area contributed by atoms with Crippen molar-refractivity contribution in [1.82, 2.24) is 9.97 Å². The Labute approximate surface area is 149 Å². The summed E-state index contributed by atoms with van der Waals surface area (Å²) < 4.78 is 0. The van der Waals surface area contributed by atoms with Crippen LogP contribution in [0.3, 0.4) is 0 Å². The zero-order chi connectivity index (χ0) is 17.8. The first-order valence-corrected chi connectivity index (χ1v) is 8.81. The monoisotopic (exact) mass is 334 g/mol. The molecule has 4 heteroatoms. The molecular weight excluding hydrogens is 308 g/mol. The summed E-state index contributed by atoms with van der Waals surface area (Å²) in [6.45, 7) is 5.38. The number of nitrogens with zero attached hydrogens (tertiary/aromatic N) is 3. The minimum atomic E-state index is 0.670. The molecular formula is C21H26N4. The summed E-state index contributed by atoms with van der Waals surface area (Å²) in [5.74, 6) is 1.58. The van der Waals surface area contributed by atoms with E-state index in [9.17, 15) is 0 Å². The molecule has 0 amide bonds. The number of para-hydroxylation sites is 1. The molecule has 4 nitrogen and oxygen atoms in total. The quantitative estimate of drug-likeness (QED) is 0.701. The van der Waals surface area contributed by atoms with Gasteiger partial charge in [0.15, 0.2) is 0 Å². The maximum Gasteiger partial charge on any atom is 0.137 e. The highest BCUT2D eigenvalue weighted by atomic mass is 15.1. The lowest BCUT2D eigenvalue weighted by Crippen LogP contribution is -2.09. The van der Waals surface area contributed by atoms with Crippen LogP contribution in [0.2, 0.25) is 0 Å². The fraction of sp³-hybridized carbons (Fsp3) is 0.333. The Morgan fingerprint density at radius 2 is 1.84 bits per heavy atom. The van der Waals surface area contributed by atoms with Crippen LogP contribution in [0.5, 0.6) is 0 Å². The number of anilines is 2. The molecule has 1 heterocycles. The first-order chi connectivity index (χ1) is 12.1. The number of hydrogen-bond donors (Lipinski definition) is 1. The Kier molecular flexibility index (Phi) is 5.17. The SMILES string of the molecule is CC(C)CCNc1ncnc2ccc(-c3ccccc3N(C)C)cc12. The molecule has 130 valence electrons. The van der Waals surface area contributed by atoms with Crippen molar-refractivity contribution in [1.29, 1.82) is 0 Å². The van der Waals surface area contributed by atoms with Crippen molar-refractivity contribution < 1.29 is 0 Å². The largest absolute Gasteiger partial charge is 0.377 e. The van der Waals surface area contributed by atoms with Crippen LogP contribution in [0.25, 0.3) is 22.0 Å². The maximum absolute atomic E-state index is 4.46. The topological polar surface area (TPSA) is 41.1 Å². The lowest BCUT2D eigenvalue weighted by Gasteiger charge is -2.18. The molecule has 0 radical (unpaired) electrons. The van der Waals surface area contributed by atoms with Crippen LogP contribution in [-0.4, -0.2) is 30.6 Å². The van der Waals surface area contributed by atoms with Crippen LogP contribution in [0.4, 0.5) is 11.5 Å². The van der Waals surface area contributed by atoms with Gasteiger partial charge in [-0.3, -0.25) is 0 Å². The number of nitrogens with one attached hydrogen (secondary N) is 1. The molecule has 0 aliphatic rings. The van der Waals surface area contributed by atoms with Crippen LogP contribution >= 0.6 is 0 Å². The molecule has 0 aliphatic heterocycles. The van der Waals surface area contributed by atoms with Gasteiger partial charge in [0.2, 0.25) is 0 Å². The Balaban J connectivity index is 2.02. The fourth-order valence-corrected chi connectivity index (χ4v) is 2.95. The van der Waals surface area contributed by atoms with Crippen LogP contribution in [0.15, 0.2) is 48.8 Å². The van der Waals surface area contributed by atoms with Gasteiger partial charge >= 0.3 is 0 Å². The average molecular weight is 334 g/mol. The Hall–Kier alpha value is -2.62. The highest BCUT2D eigenvalue weighted by molar-refractivity contribution is 5.94. The molecule has 0 spiro atoms. The summed E-state index contributed by atoms with van der Waals surface area (Å²) in [5, 5.41) is 4.54. The molecule has 0 saturated carbocycles. The average Bonchev–Trinajstić information content (AvgIpc) is 2.61. The van der Waals surface area contributed by atoms with Gasteiger partial charge in [0, 0.05) is 37.3 Å². The summed E-state index contributed by atoms with van der Waals surface area (Å²) >= 11 is 0. The smallest absolute Gasteiger partial charge is 0.137 e. The molecule has 25 heavy (non-hydrogen) atoms. The number of aromatic nitrogens is 2. The molecule has 0 unspecified atom stereocenters. The standard InChI is InChI=1S/C21H26N4/c1-15(2)11-12-22-21-18-13-16(9-10-19(18)23-14-24-21)17-7-5-6-8-20(17)25(3)4/h5-10,13-15H,11-12H2,1-4H3,(H,22,23,24). The summed E-state index contributed by atoms with van der Waals surface area (Å²) in [5.41, 5.74) is 4.56. The molecule has 3 aromatic rings. The fourth-order valence-electron chi connectivity index (χ4n) is 2.95. The van der Waals surface area contributed by atoms with E-state index in [0.29, 0.717) is 5.92 Å². The van der Waals surface area contributed by atoms with E-state index in [1.165, 1.54) is 16.8 Å². The highest BCUT2D eigenvalue weighted by Gasteiger charge is 2.10. The second kappa shape index (κ2) is 7.51. The molecule has 2 aromatic carbocycles. The van der Waals surface area contributed by atoms with E-state index in [1.54, 1.807) is 6.33 Å². The van der Waals surface area contributed by atoms with E-state index in [2.05, 4.69) is 90.6 Å². The lowest BCUT2D eigenvalue weighted by molar-refractivity contribution is 0.607. The summed E-state index contributed by atoms with van der Waals surface area (Å²) in [6, 6.07) is 14.9. The van der Waals surface area contributed by atoms with Crippen molar-refractivity contribution in [3.8, 4) is 11.1 Å². The molecule has 0 bridgehead atoms. The van der Waals surface area contributed by atoms with Crippen LogP contribution in [-0.2, 0) is 0 Å². The predicted octanol–water partition coefficient (Wildman–Crippen LogP) is 4.82. The van der Waals surface area contributed by atoms with Crippen molar-refractivity contribution in [2.75, 3.05) is 30.9 Å². The minimum Gasteiger partial charge on any atom is -0.377 e. The minimum absolute atomic E-state index is 0.670. The number of fused-ring (bicyclic) bond motifs is 1. The molecule has 3 rings (SSSR count). The highest BCUT2D eigenvalue weighted by Crippen LogP contribution is 2.32. The van der Waals surface area contributed by atoms with Crippen molar-refractivity contribution in [3.63, 3.8) is 0 Å². The first-order valence-electron chi connectivity index (χ1n) is 8.81. The van der Waals surface area contributed by atoms with Crippen LogP contribution in [0.1, 0.15) is 20.3 Å². The Bertz CT molecular complexity index is 855. The van der Waals surface area contributed by atoms with E-state index >= 15 is 0 Å². The van der Waals surface area contributed by atoms with Crippen molar-refractivity contribution in [3.05, 3.63) is 48.8 Å². The van der Waals surface area contributed by atoms with E-state index in [4.69, 9.17) is 0 Å². The molecule has 0 fully saturated rings. The lowest BCUT2D eigenvalue weighted by atomic mass is 10.0. The zero-order valence-electron chi connectivity index (χ0n) is 15.5. The van der Waals surface area contributed by atoms with E-state index in [0.717, 1.165) is 29.7 Å². The number of hydrogen-bond acceptors (Lipinski definition) is 4. The van der Waals surface area contributed by atoms with Crippen molar-refractivity contribution >= 4 is 22.4 Å². The summed E-state index contributed by atoms with van der Waals surface area (Å²) in [6.07, 6.45) is 2.75. The van der Waals surface area contributed by atoms with Gasteiger partial charge in [-0.25, -0.2) is 9.97 Å². The predicted molar refractivity (Wildman–Crippen MR) is 107 cm³/mol. The van der Waals surface area contributed by atoms with Gasteiger partial charge in [-0.2, -0.15) is 0 Å². The van der Waals surface area contributed by atoms with Gasteiger partial charge in [-0.1, -0.05) is 38.1 Å². The first kappa shape index (κ1) is 17.2. The number of rotatable bonds is 6. The van der Waals surface area contributed by atoms with Crippen LogP contribution < -0.4 is 10.2 Å². The van der Waals surface area contributed by atoms with E-state index < -0.39 is 0 Å². The third kappa shape index (κ3) is 3.90. The van der Waals surface area contributed by atoms with E-state index in [1.807, 2.05) is 0 Å². The van der Waals surface area contributed by atoms with Gasteiger partial charge in [-0.15, -0.1) is 0 Å². The Morgan fingerprint density at radius 3 is 2.60 bits per heavy atom. The molecule has 1 N–H and O–H groups in total. The maximum atomic E-state index is 4.46. The normalized spacial score (nSPS) is 11.1. The second-order valence-electron chi connectivity index (χ2n) is 6.98. The molecule has 0 atom stereocenters. The summed E-state index contributed by atoms with van der Waals surface area (Å²) in [4.78, 5) is 11.0. The number of benzene rings is 2.